The third kappa shape index (κ3) is 6.86. The van der Waals surface area contributed by atoms with Gasteiger partial charge in [0.15, 0.2) is 6.61 Å². The van der Waals surface area contributed by atoms with Crippen LogP contribution < -0.4 is 5.32 Å². The number of anilines is 1. The number of hydrogen-bond donors (Lipinski definition) is 1. The molecule has 3 rings (SSSR count). The van der Waals surface area contributed by atoms with Gasteiger partial charge >= 0.3 is 18.1 Å². The van der Waals surface area contributed by atoms with Crippen LogP contribution in [0, 0.1) is 17.8 Å². The molecule has 36 heavy (non-hydrogen) atoms. The summed E-state index contributed by atoms with van der Waals surface area (Å²) in [6.45, 7) is 5.46. The van der Waals surface area contributed by atoms with Gasteiger partial charge < -0.3 is 14.8 Å². The minimum Gasteiger partial charge on any atom is -0.458 e. The van der Waals surface area contributed by atoms with Crippen molar-refractivity contribution in [2.24, 2.45) is 17.8 Å². The fourth-order valence-electron chi connectivity index (χ4n) is 4.52. The molecule has 1 aliphatic carbocycles. The molecule has 3 atom stereocenters. The van der Waals surface area contributed by atoms with Crippen LogP contribution in [0.15, 0.2) is 48.5 Å². The van der Waals surface area contributed by atoms with Crippen molar-refractivity contribution >= 4 is 23.5 Å². The summed E-state index contributed by atoms with van der Waals surface area (Å²) in [5, 5.41) is 2.11. The number of alkyl halides is 3. The van der Waals surface area contributed by atoms with Crippen molar-refractivity contribution in [1.29, 1.82) is 0 Å². The first-order chi connectivity index (χ1) is 17.0. The van der Waals surface area contributed by atoms with E-state index in [0.717, 1.165) is 31.4 Å². The first-order valence-electron chi connectivity index (χ1n) is 11.9. The maximum atomic E-state index is 13.1. The molecule has 2 aromatic rings. The lowest BCUT2D eigenvalue weighted by atomic mass is 9.75. The van der Waals surface area contributed by atoms with Crippen molar-refractivity contribution in [1.82, 2.24) is 0 Å². The maximum absolute atomic E-state index is 13.1. The zero-order valence-electron chi connectivity index (χ0n) is 20.4. The van der Waals surface area contributed by atoms with Crippen molar-refractivity contribution in [2.45, 2.75) is 52.3 Å². The van der Waals surface area contributed by atoms with E-state index in [1.54, 1.807) is 6.07 Å². The van der Waals surface area contributed by atoms with Crippen LogP contribution in [0.4, 0.5) is 18.9 Å². The van der Waals surface area contributed by atoms with Gasteiger partial charge in [-0.1, -0.05) is 51.5 Å². The minimum atomic E-state index is -4.66. The number of halogens is 3. The van der Waals surface area contributed by atoms with Crippen LogP contribution in [-0.2, 0) is 20.4 Å². The van der Waals surface area contributed by atoms with Crippen molar-refractivity contribution in [3.05, 3.63) is 65.2 Å². The summed E-state index contributed by atoms with van der Waals surface area (Å²) in [6, 6.07) is 10.4. The summed E-state index contributed by atoms with van der Waals surface area (Å²) in [5.41, 5.74) is -1.55. The van der Waals surface area contributed by atoms with Gasteiger partial charge in [0.05, 0.1) is 22.4 Å². The molecular weight excluding hydrogens is 475 g/mol. The third-order valence-electron chi connectivity index (χ3n) is 6.43. The van der Waals surface area contributed by atoms with Gasteiger partial charge in [-0.05, 0) is 54.9 Å². The normalized spacial score (nSPS) is 20.0. The Hall–Kier alpha value is -3.36. The number of carbonyl (C=O) groups is 3. The highest BCUT2D eigenvalue weighted by atomic mass is 19.4. The summed E-state index contributed by atoms with van der Waals surface area (Å²) in [4.78, 5) is 37.9. The van der Waals surface area contributed by atoms with Gasteiger partial charge in [-0.3, -0.25) is 4.79 Å². The zero-order chi connectivity index (χ0) is 26.5. The quantitative estimate of drug-likeness (QED) is 0.459. The molecule has 0 bridgehead atoms. The molecule has 6 nitrogen and oxygen atoms in total. The van der Waals surface area contributed by atoms with E-state index >= 15 is 0 Å². The number of rotatable bonds is 7. The predicted octanol–water partition coefficient (Wildman–Crippen LogP) is 6.12. The van der Waals surface area contributed by atoms with Crippen LogP contribution in [0.2, 0.25) is 0 Å². The number of ether oxygens (including phenoxy) is 2. The SMILES string of the molecule is CC(C)[C@@H]1CC[C@@H](C)C[C@H]1OC(=O)c1ccccc1C(=O)OCC(=O)Nc1ccccc1C(F)(F)F. The number of nitrogens with one attached hydrogen (secondary N) is 1. The number of para-hydroxylation sites is 1. The molecule has 1 saturated carbocycles. The van der Waals surface area contributed by atoms with Crippen LogP contribution >= 0.6 is 0 Å². The van der Waals surface area contributed by atoms with E-state index < -0.39 is 41.9 Å². The van der Waals surface area contributed by atoms with E-state index in [-0.39, 0.29) is 23.1 Å². The molecule has 0 aliphatic heterocycles. The topological polar surface area (TPSA) is 81.7 Å². The molecule has 2 aromatic carbocycles. The van der Waals surface area contributed by atoms with Gasteiger partial charge in [0.2, 0.25) is 0 Å². The summed E-state index contributed by atoms with van der Waals surface area (Å²) in [5.74, 6) is -1.60. The molecule has 194 valence electrons. The third-order valence-corrected chi connectivity index (χ3v) is 6.43. The monoisotopic (exact) mass is 505 g/mol. The number of esters is 2. The second-order valence-corrected chi connectivity index (χ2v) is 9.48. The molecule has 9 heteroatoms. The van der Waals surface area contributed by atoms with Gasteiger partial charge in [0.25, 0.3) is 5.91 Å². The van der Waals surface area contributed by atoms with Gasteiger partial charge in [0, 0.05) is 0 Å². The largest absolute Gasteiger partial charge is 0.458 e. The minimum absolute atomic E-state index is 0.00561. The second-order valence-electron chi connectivity index (χ2n) is 9.48. The Morgan fingerprint density at radius 1 is 0.972 bits per heavy atom. The van der Waals surface area contributed by atoms with Crippen LogP contribution in [0.5, 0.6) is 0 Å². The van der Waals surface area contributed by atoms with Crippen LogP contribution in [0.25, 0.3) is 0 Å². The lowest BCUT2D eigenvalue weighted by molar-refractivity contribution is -0.137. The number of amides is 1. The molecular formula is C27H30F3NO5. The zero-order valence-corrected chi connectivity index (χ0v) is 20.4. The van der Waals surface area contributed by atoms with E-state index in [1.165, 1.54) is 30.3 Å². The fourth-order valence-corrected chi connectivity index (χ4v) is 4.52. The first-order valence-corrected chi connectivity index (χ1v) is 11.9. The second kappa shape index (κ2) is 11.6. The molecule has 1 amide bonds. The highest BCUT2D eigenvalue weighted by Gasteiger charge is 2.35. The van der Waals surface area contributed by atoms with E-state index in [0.29, 0.717) is 11.8 Å². The highest BCUT2D eigenvalue weighted by Crippen LogP contribution is 2.36. The van der Waals surface area contributed by atoms with Crippen molar-refractivity contribution in [3.8, 4) is 0 Å². The van der Waals surface area contributed by atoms with Crippen LogP contribution in [0.3, 0.4) is 0 Å². The Labute approximate surface area is 208 Å². The van der Waals surface area contributed by atoms with Gasteiger partial charge in [-0.2, -0.15) is 13.2 Å². The van der Waals surface area contributed by atoms with E-state index in [9.17, 15) is 27.6 Å². The number of carbonyl (C=O) groups excluding carboxylic acids is 3. The standard InChI is InChI=1S/C27H30F3NO5/c1-16(2)18-13-12-17(3)14-23(18)36-26(34)20-9-5-4-8-19(20)25(33)35-15-24(32)31-22-11-7-6-10-21(22)27(28,29)30/h4-11,16-18,23H,12-15H2,1-3H3,(H,31,32)/t17-,18+,23-/m1/s1. The molecule has 1 aliphatic rings. The molecule has 1 N–H and O–H groups in total. The molecule has 0 heterocycles. The Morgan fingerprint density at radius 2 is 1.58 bits per heavy atom. The van der Waals surface area contributed by atoms with Gasteiger partial charge in [-0.25, -0.2) is 9.59 Å². The van der Waals surface area contributed by atoms with E-state index in [4.69, 9.17) is 9.47 Å². The summed E-state index contributed by atoms with van der Waals surface area (Å²) in [6.07, 6.45) is -2.18. The van der Waals surface area contributed by atoms with Gasteiger partial charge in [0.1, 0.15) is 6.10 Å². The van der Waals surface area contributed by atoms with Crippen molar-refractivity contribution < 1.29 is 37.0 Å². The van der Waals surface area contributed by atoms with Crippen LogP contribution in [0.1, 0.15) is 66.3 Å². The first kappa shape index (κ1) is 27.2. The molecule has 0 unspecified atom stereocenters. The lowest BCUT2D eigenvalue weighted by Crippen LogP contribution is -2.36. The molecule has 0 saturated heterocycles. The summed E-state index contributed by atoms with van der Waals surface area (Å²) < 4.78 is 50.2. The Balaban J connectivity index is 1.66. The number of benzene rings is 2. The number of hydrogen-bond acceptors (Lipinski definition) is 5. The highest BCUT2D eigenvalue weighted by molar-refractivity contribution is 6.04. The molecule has 0 spiro atoms. The van der Waals surface area contributed by atoms with Crippen molar-refractivity contribution in [3.63, 3.8) is 0 Å². The van der Waals surface area contributed by atoms with E-state index in [1.807, 2.05) is 0 Å². The maximum Gasteiger partial charge on any atom is 0.418 e. The summed E-state index contributed by atoms with van der Waals surface area (Å²) >= 11 is 0. The molecule has 0 aromatic heterocycles. The summed E-state index contributed by atoms with van der Waals surface area (Å²) in [7, 11) is 0. The Morgan fingerprint density at radius 3 is 2.22 bits per heavy atom. The fraction of sp³-hybridized carbons (Fsp3) is 0.444. The molecule has 1 fully saturated rings. The van der Waals surface area contributed by atoms with E-state index in [2.05, 4.69) is 26.1 Å². The average Bonchev–Trinajstić information content (AvgIpc) is 2.82. The van der Waals surface area contributed by atoms with Crippen LogP contribution in [-0.4, -0.2) is 30.6 Å². The molecule has 0 radical (unpaired) electrons. The predicted molar refractivity (Wildman–Crippen MR) is 127 cm³/mol. The van der Waals surface area contributed by atoms with Gasteiger partial charge in [-0.15, -0.1) is 0 Å². The lowest BCUT2D eigenvalue weighted by Gasteiger charge is -2.36. The Bertz CT molecular complexity index is 1100. The average molecular weight is 506 g/mol. The Kier molecular flexibility index (Phi) is 8.76. The smallest absolute Gasteiger partial charge is 0.418 e. The van der Waals surface area contributed by atoms with Crippen molar-refractivity contribution in [2.75, 3.05) is 11.9 Å².